The van der Waals surface area contributed by atoms with Gasteiger partial charge in [0.1, 0.15) is 0 Å². The maximum absolute atomic E-state index is 5.76. The highest BCUT2D eigenvalue weighted by Crippen LogP contribution is 2.16. The molecule has 3 atom stereocenters. The number of aliphatic imine (C=N–C) groups is 1. The second kappa shape index (κ2) is 5.78. The molecule has 0 fully saturated rings. The molecule has 1 heterocycles. The summed E-state index contributed by atoms with van der Waals surface area (Å²) >= 11 is 0. The summed E-state index contributed by atoms with van der Waals surface area (Å²) in [6.45, 7) is 4.99. The first-order chi connectivity index (χ1) is 8.25. The quantitative estimate of drug-likeness (QED) is 0.727. The summed E-state index contributed by atoms with van der Waals surface area (Å²) in [5, 5.41) is 0. The lowest BCUT2D eigenvalue weighted by Crippen LogP contribution is -2.07. The monoisotopic (exact) mass is 229 g/mol. The Hall–Kier alpha value is -1.41. The smallest absolute Gasteiger partial charge is 0.167 e. The zero-order valence-electron chi connectivity index (χ0n) is 10.4. The van der Waals surface area contributed by atoms with E-state index in [1.807, 2.05) is 30.5 Å². The Balaban J connectivity index is 1.92. The van der Waals surface area contributed by atoms with Crippen LogP contribution >= 0.6 is 0 Å². The van der Waals surface area contributed by atoms with Crippen molar-refractivity contribution in [2.75, 3.05) is 0 Å². The van der Waals surface area contributed by atoms with E-state index in [4.69, 9.17) is 4.74 Å². The van der Waals surface area contributed by atoms with Crippen molar-refractivity contribution in [1.82, 2.24) is 0 Å². The van der Waals surface area contributed by atoms with Crippen molar-refractivity contribution in [2.45, 2.75) is 26.7 Å². The normalized spacial score (nSPS) is 28.0. The van der Waals surface area contributed by atoms with Gasteiger partial charge in [0, 0.05) is 6.21 Å². The summed E-state index contributed by atoms with van der Waals surface area (Å²) < 4.78 is 5.76. The molecule has 3 unspecified atom stereocenters. The van der Waals surface area contributed by atoms with Crippen LogP contribution in [0.5, 0.6) is 0 Å². The van der Waals surface area contributed by atoms with Crippen LogP contribution in [0.15, 0.2) is 47.5 Å². The number of rotatable bonds is 3. The van der Waals surface area contributed by atoms with Crippen molar-refractivity contribution in [1.29, 1.82) is 0 Å². The van der Waals surface area contributed by atoms with Crippen molar-refractivity contribution in [3.63, 3.8) is 0 Å². The Kier molecular flexibility index (Phi) is 4.10. The second-order valence-corrected chi connectivity index (χ2v) is 4.59. The van der Waals surface area contributed by atoms with Gasteiger partial charge in [0.05, 0.1) is 6.61 Å². The molecule has 2 heteroatoms. The highest BCUT2D eigenvalue weighted by molar-refractivity contribution is 5.61. The van der Waals surface area contributed by atoms with Crippen LogP contribution in [0.4, 0.5) is 0 Å². The third-order valence-corrected chi connectivity index (χ3v) is 3.14. The zero-order chi connectivity index (χ0) is 12.1. The van der Waals surface area contributed by atoms with Gasteiger partial charge in [0.2, 0.25) is 0 Å². The third kappa shape index (κ3) is 3.53. The molecule has 2 nitrogen and oxygen atoms in total. The first kappa shape index (κ1) is 12.1. The minimum absolute atomic E-state index is 0.136. The average molecular weight is 229 g/mol. The highest BCUT2D eigenvalue weighted by Gasteiger charge is 2.12. The van der Waals surface area contributed by atoms with Gasteiger partial charge in [-0.25, -0.2) is 0 Å². The molecule has 1 aromatic rings. The predicted octanol–water partition coefficient (Wildman–Crippen LogP) is 3.44. The van der Waals surface area contributed by atoms with E-state index >= 15 is 0 Å². The van der Waals surface area contributed by atoms with Crippen LogP contribution in [0, 0.1) is 11.8 Å². The minimum Gasteiger partial charge on any atom is -0.348 e. The summed E-state index contributed by atoms with van der Waals surface area (Å²) in [5.74, 6) is 1.01. The fourth-order valence-electron chi connectivity index (χ4n) is 1.71. The summed E-state index contributed by atoms with van der Waals surface area (Å²) in [6.07, 6.45) is 6.10. The molecule has 17 heavy (non-hydrogen) atoms. The Morgan fingerprint density at radius 2 is 1.82 bits per heavy atom. The standard InChI is InChI=1S/C15H19NO/c1-12-8-9-15(16-10-13(12)2)17-11-14-6-4-3-5-7-14/h3-10,12-13,15H,11H2,1-2H3. The molecule has 0 radical (unpaired) electrons. The van der Waals surface area contributed by atoms with E-state index < -0.39 is 0 Å². The van der Waals surface area contributed by atoms with Crippen LogP contribution in [0.1, 0.15) is 19.4 Å². The molecule has 1 aliphatic rings. The molecule has 90 valence electrons. The summed E-state index contributed by atoms with van der Waals surface area (Å²) in [6, 6.07) is 10.2. The van der Waals surface area contributed by atoms with Crippen LogP contribution in [-0.4, -0.2) is 12.4 Å². The van der Waals surface area contributed by atoms with Gasteiger partial charge >= 0.3 is 0 Å². The average Bonchev–Trinajstić information content (AvgIpc) is 2.52. The molecule has 0 aliphatic carbocycles. The van der Waals surface area contributed by atoms with Gasteiger partial charge in [-0.2, -0.15) is 0 Å². The van der Waals surface area contributed by atoms with E-state index in [0.29, 0.717) is 18.4 Å². The number of hydrogen-bond donors (Lipinski definition) is 0. The molecule has 1 aliphatic heterocycles. The van der Waals surface area contributed by atoms with Gasteiger partial charge < -0.3 is 4.74 Å². The molecule has 0 saturated carbocycles. The largest absolute Gasteiger partial charge is 0.348 e. The molecular formula is C15H19NO. The zero-order valence-corrected chi connectivity index (χ0v) is 10.4. The lowest BCUT2D eigenvalue weighted by molar-refractivity contribution is 0.0783. The van der Waals surface area contributed by atoms with Crippen LogP contribution in [0.25, 0.3) is 0 Å². The molecule has 0 aromatic heterocycles. The van der Waals surface area contributed by atoms with Gasteiger partial charge in [-0.05, 0) is 23.5 Å². The van der Waals surface area contributed by atoms with Gasteiger partial charge in [-0.15, -0.1) is 0 Å². The Morgan fingerprint density at radius 1 is 1.06 bits per heavy atom. The number of benzene rings is 1. The lowest BCUT2D eigenvalue weighted by Gasteiger charge is -2.08. The van der Waals surface area contributed by atoms with Crippen LogP contribution < -0.4 is 0 Å². The maximum Gasteiger partial charge on any atom is 0.167 e. The van der Waals surface area contributed by atoms with Crippen molar-refractivity contribution in [3.8, 4) is 0 Å². The number of allylic oxidation sites excluding steroid dienone is 1. The molecule has 0 N–H and O–H groups in total. The molecule has 0 saturated heterocycles. The van der Waals surface area contributed by atoms with Crippen LogP contribution in [0.2, 0.25) is 0 Å². The Bertz CT molecular complexity index is 379. The van der Waals surface area contributed by atoms with Crippen molar-refractivity contribution in [2.24, 2.45) is 16.8 Å². The van der Waals surface area contributed by atoms with Gasteiger partial charge in [0.15, 0.2) is 6.23 Å². The van der Waals surface area contributed by atoms with Crippen molar-refractivity contribution < 1.29 is 4.74 Å². The Morgan fingerprint density at radius 3 is 2.59 bits per heavy atom. The van der Waals surface area contributed by atoms with Gasteiger partial charge in [-0.1, -0.05) is 50.3 Å². The van der Waals surface area contributed by atoms with Crippen LogP contribution in [0.3, 0.4) is 0 Å². The lowest BCUT2D eigenvalue weighted by atomic mass is 9.98. The predicted molar refractivity (Wildman–Crippen MR) is 71.0 cm³/mol. The maximum atomic E-state index is 5.76. The van der Waals surface area contributed by atoms with Crippen molar-refractivity contribution in [3.05, 3.63) is 48.0 Å². The number of hydrogen-bond acceptors (Lipinski definition) is 2. The fourth-order valence-corrected chi connectivity index (χ4v) is 1.71. The topological polar surface area (TPSA) is 21.6 Å². The molecule has 0 bridgehead atoms. The fraction of sp³-hybridized carbons (Fsp3) is 0.400. The molecule has 1 aromatic carbocycles. The van der Waals surface area contributed by atoms with E-state index in [2.05, 4.69) is 37.0 Å². The van der Waals surface area contributed by atoms with Gasteiger partial charge in [-0.3, -0.25) is 4.99 Å². The second-order valence-electron chi connectivity index (χ2n) is 4.59. The number of nitrogens with zero attached hydrogens (tertiary/aromatic N) is 1. The first-order valence-corrected chi connectivity index (χ1v) is 6.13. The summed E-state index contributed by atoms with van der Waals surface area (Å²) in [7, 11) is 0. The summed E-state index contributed by atoms with van der Waals surface area (Å²) in [4.78, 5) is 4.44. The van der Waals surface area contributed by atoms with E-state index in [1.54, 1.807) is 0 Å². The highest BCUT2D eigenvalue weighted by atomic mass is 16.5. The van der Waals surface area contributed by atoms with E-state index in [0.717, 1.165) is 0 Å². The van der Waals surface area contributed by atoms with Gasteiger partial charge in [0.25, 0.3) is 0 Å². The SMILES string of the molecule is CC1C=CC(OCc2ccccc2)N=CC1C. The van der Waals surface area contributed by atoms with E-state index in [1.165, 1.54) is 5.56 Å². The first-order valence-electron chi connectivity index (χ1n) is 6.13. The summed E-state index contributed by atoms with van der Waals surface area (Å²) in [5.41, 5.74) is 1.18. The van der Waals surface area contributed by atoms with Crippen LogP contribution in [-0.2, 0) is 11.3 Å². The van der Waals surface area contributed by atoms with Crippen molar-refractivity contribution >= 4 is 6.21 Å². The molecule has 0 amide bonds. The molecule has 2 rings (SSSR count). The third-order valence-electron chi connectivity index (χ3n) is 3.14. The molecule has 0 spiro atoms. The van der Waals surface area contributed by atoms with E-state index in [-0.39, 0.29) is 6.23 Å². The minimum atomic E-state index is -0.136. The van der Waals surface area contributed by atoms with E-state index in [9.17, 15) is 0 Å². The number of ether oxygens (including phenoxy) is 1. The Labute approximate surface area is 103 Å². The molecular weight excluding hydrogens is 210 g/mol.